The number of aromatic nitrogens is 2. The highest BCUT2D eigenvalue weighted by Crippen LogP contribution is 2.27. The fourth-order valence-electron chi connectivity index (χ4n) is 3.23. The van der Waals surface area contributed by atoms with E-state index in [-0.39, 0.29) is 24.1 Å². The van der Waals surface area contributed by atoms with Crippen LogP contribution in [0.1, 0.15) is 32.1 Å². The summed E-state index contributed by atoms with van der Waals surface area (Å²) < 4.78 is 31.1. The second kappa shape index (κ2) is 8.18. The van der Waals surface area contributed by atoms with Crippen molar-refractivity contribution in [3.8, 4) is 11.4 Å². The van der Waals surface area contributed by atoms with Crippen LogP contribution in [0.25, 0.3) is 11.4 Å². The van der Waals surface area contributed by atoms with E-state index in [4.69, 9.17) is 4.52 Å². The standard InChI is InChI=1S/C18H24N4O4S/c1-3-11-27(24,25)22-10-6-7-14(12-22)18(23)20-16-9-5-4-8-15(16)17-19-13(2)26-21-17/h4-5,8-9,14H,3,6-7,10-12H2,1-2H3,(H,20,23). The molecule has 1 aliphatic rings. The minimum Gasteiger partial charge on any atom is -0.339 e. The molecule has 9 heteroatoms. The van der Waals surface area contributed by atoms with Gasteiger partial charge in [0, 0.05) is 25.6 Å². The lowest BCUT2D eigenvalue weighted by molar-refractivity contribution is -0.120. The first-order chi connectivity index (χ1) is 12.9. The van der Waals surface area contributed by atoms with Gasteiger partial charge in [-0.3, -0.25) is 4.79 Å². The normalized spacial score (nSPS) is 18.4. The van der Waals surface area contributed by atoms with Crippen molar-refractivity contribution in [2.45, 2.75) is 33.1 Å². The zero-order valence-corrected chi connectivity index (χ0v) is 16.3. The molecule has 27 heavy (non-hydrogen) atoms. The number of amides is 1. The van der Waals surface area contributed by atoms with Crippen molar-refractivity contribution in [1.82, 2.24) is 14.4 Å². The predicted octanol–water partition coefficient (Wildman–Crippen LogP) is 2.44. The molecule has 146 valence electrons. The van der Waals surface area contributed by atoms with Gasteiger partial charge in [-0.15, -0.1) is 0 Å². The minimum absolute atomic E-state index is 0.112. The number of hydrogen-bond acceptors (Lipinski definition) is 6. The SMILES string of the molecule is CCCS(=O)(=O)N1CCCC(C(=O)Nc2ccccc2-c2noc(C)n2)C1. The lowest BCUT2D eigenvalue weighted by atomic mass is 9.98. The smallest absolute Gasteiger partial charge is 0.228 e. The molecule has 1 saturated heterocycles. The highest BCUT2D eigenvalue weighted by Gasteiger charge is 2.32. The van der Waals surface area contributed by atoms with Gasteiger partial charge in [0.2, 0.25) is 27.6 Å². The molecule has 1 atom stereocenters. The fourth-order valence-corrected chi connectivity index (χ4v) is 4.82. The number of anilines is 1. The first-order valence-electron chi connectivity index (χ1n) is 9.09. The number of carbonyl (C=O) groups excluding carboxylic acids is 1. The maximum Gasteiger partial charge on any atom is 0.228 e. The molecule has 0 bridgehead atoms. The van der Waals surface area contributed by atoms with Gasteiger partial charge in [0.1, 0.15) is 0 Å². The topological polar surface area (TPSA) is 105 Å². The molecular formula is C18H24N4O4S. The highest BCUT2D eigenvalue weighted by atomic mass is 32.2. The molecule has 8 nitrogen and oxygen atoms in total. The molecule has 0 spiro atoms. The summed E-state index contributed by atoms with van der Waals surface area (Å²) in [4.78, 5) is 17.0. The van der Waals surface area contributed by atoms with Crippen molar-refractivity contribution in [3.63, 3.8) is 0 Å². The second-order valence-electron chi connectivity index (χ2n) is 6.69. The lowest BCUT2D eigenvalue weighted by Gasteiger charge is -2.31. The highest BCUT2D eigenvalue weighted by molar-refractivity contribution is 7.89. The average molecular weight is 392 g/mol. The molecule has 0 saturated carbocycles. The lowest BCUT2D eigenvalue weighted by Crippen LogP contribution is -2.44. The van der Waals surface area contributed by atoms with E-state index in [9.17, 15) is 13.2 Å². The van der Waals surface area contributed by atoms with Crippen LogP contribution in [-0.4, -0.2) is 47.6 Å². The fraction of sp³-hybridized carbons (Fsp3) is 0.500. The Labute approximate surface area is 159 Å². The number of carbonyl (C=O) groups is 1. The van der Waals surface area contributed by atoms with Crippen LogP contribution in [0.15, 0.2) is 28.8 Å². The zero-order chi connectivity index (χ0) is 19.4. The summed E-state index contributed by atoms with van der Waals surface area (Å²) in [5.74, 6) is 0.375. The summed E-state index contributed by atoms with van der Waals surface area (Å²) in [7, 11) is -3.30. The van der Waals surface area contributed by atoms with Crippen molar-refractivity contribution in [1.29, 1.82) is 0 Å². The zero-order valence-electron chi connectivity index (χ0n) is 15.5. The van der Waals surface area contributed by atoms with Gasteiger partial charge in [-0.1, -0.05) is 24.2 Å². The van der Waals surface area contributed by atoms with Crippen LogP contribution in [0, 0.1) is 12.8 Å². The van der Waals surface area contributed by atoms with Crippen LogP contribution >= 0.6 is 0 Å². The van der Waals surface area contributed by atoms with Crippen LogP contribution in [0.3, 0.4) is 0 Å². The number of aryl methyl sites for hydroxylation is 1. The molecule has 3 rings (SSSR count). The summed E-state index contributed by atoms with van der Waals surface area (Å²) in [6.45, 7) is 4.23. The number of para-hydroxylation sites is 1. The van der Waals surface area contributed by atoms with Crippen LogP contribution < -0.4 is 5.32 Å². The van der Waals surface area contributed by atoms with Crippen molar-refractivity contribution < 1.29 is 17.7 Å². The van der Waals surface area contributed by atoms with Crippen molar-refractivity contribution in [3.05, 3.63) is 30.2 Å². The molecule has 1 aromatic heterocycles. The Hall–Kier alpha value is -2.26. The van der Waals surface area contributed by atoms with E-state index < -0.39 is 10.0 Å². The first kappa shape index (κ1) is 19.5. The Kier molecular flexibility index (Phi) is 5.91. The molecule has 1 fully saturated rings. The number of benzene rings is 1. The van der Waals surface area contributed by atoms with E-state index >= 15 is 0 Å². The Morgan fingerprint density at radius 2 is 2.15 bits per heavy atom. The van der Waals surface area contributed by atoms with Gasteiger partial charge in [-0.25, -0.2) is 12.7 Å². The largest absolute Gasteiger partial charge is 0.339 e. The number of sulfonamides is 1. The third-order valence-corrected chi connectivity index (χ3v) is 6.61. The Balaban J connectivity index is 1.74. The Morgan fingerprint density at radius 1 is 1.37 bits per heavy atom. The molecule has 1 N–H and O–H groups in total. The van der Waals surface area contributed by atoms with E-state index in [1.807, 2.05) is 19.1 Å². The average Bonchev–Trinajstić information content (AvgIpc) is 3.08. The van der Waals surface area contributed by atoms with Gasteiger partial charge in [-0.2, -0.15) is 4.98 Å². The van der Waals surface area contributed by atoms with Crippen molar-refractivity contribution >= 4 is 21.6 Å². The molecule has 0 radical (unpaired) electrons. The van der Waals surface area contributed by atoms with Crippen LogP contribution in [0.2, 0.25) is 0 Å². The molecule has 1 unspecified atom stereocenters. The minimum atomic E-state index is -3.30. The quantitative estimate of drug-likeness (QED) is 0.809. The van der Waals surface area contributed by atoms with E-state index in [1.165, 1.54) is 4.31 Å². The van der Waals surface area contributed by atoms with Crippen molar-refractivity contribution in [2.75, 3.05) is 24.2 Å². The first-order valence-corrected chi connectivity index (χ1v) is 10.7. The van der Waals surface area contributed by atoms with Gasteiger partial charge in [0.05, 0.1) is 17.4 Å². The van der Waals surface area contributed by atoms with Gasteiger partial charge in [-0.05, 0) is 31.4 Å². The molecule has 1 amide bonds. The molecule has 2 heterocycles. The maximum absolute atomic E-state index is 12.8. The summed E-state index contributed by atoms with van der Waals surface area (Å²) in [6, 6.07) is 7.22. The molecule has 0 aliphatic carbocycles. The van der Waals surface area contributed by atoms with E-state index in [0.717, 1.165) is 0 Å². The molecule has 2 aromatic rings. The van der Waals surface area contributed by atoms with Gasteiger partial charge < -0.3 is 9.84 Å². The third-order valence-electron chi connectivity index (χ3n) is 4.56. The summed E-state index contributed by atoms with van der Waals surface area (Å²) in [5, 5.41) is 6.82. The summed E-state index contributed by atoms with van der Waals surface area (Å²) in [5.41, 5.74) is 1.24. The monoisotopic (exact) mass is 392 g/mol. The van der Waals surface area contributed by atoms with Gasteiger partial charge in [0.25, 0.3) is 0 Å². The molecular weight excluding hydrogens is 368 g/mol. The molecule has 1 aliphatic heterocycles. The van der Waals surface area contributed by atoms with Gasteiger partial charge >= 0.3 is 0 Å². The third kappa shape index (κ3) is 4.54. The number of rotatable bonds is 6. The van der Waals surface area contributed by atoms with E-state index in [1.54, 1.807) is 19.1 Å². The maximum atomic E-state index is 12.8. The predicted molar refractivity (Wildman–Crippen MR) is 101 cm³/mol. The van der Waals surface area contributed by atoms with E-state index in [0.29, 0.717) is 48.8 Å². The van der Waals surface area contributed by atoms with Crippen LogP contribution in [-0.2, 0) is 14.8 Å². The number of piperidine rings is 1. The van der Waals surface area contributed by atoms with Crippen LogP contribution in [0.5, 0.6) is 0 Å². The van der Waals surface area contributed by atoms with Crippen molar-refractivity contribution in [2.24, 2.45) is 5.92 Å². The number of hydrogen-bond donors (Lipinski definition) is 1. The second-order valence-corrected chi connectivity index (χ2v) is 8.77. The summed E-state index contributed by atoms with van der Waals surface area (Å²) in [6.07, 6.45) is 1.90. The number of nitrogens with zero attached hydrogens (tertiary/aromatic N) is 3. The van der Waals surface area contributed by atoms with Crippen LogP contribution in [0.4, 0.5) is 5.69 Å². The Morgan fingerprint density at radius 3 is 2.85 bits per heavy atom. The Bertz CT molecular complexity index is 910. The van der Waals surface area contributed by atoms with Gasteiger partial charge in [0.15, 0.2) is 0 Å². The molecule has 1 aromatic carbocycles. The number of nitrogens with one attached hydrogen (secondary N) is 1. The summed E-state index contributed by atoms with van der Waals surface area (Å²) >= 11 is 0. The van der Waals surface area contributed by atoms with E-state index in [2.05, 4.69) is 15.5 Å².